The number of benzene rings is 1. The number of anilines is 2. The first-order valence-corrected chi connectivity index (χ1v) is 6.47. The molecule has 108 valence electrons. The van der Waals surface area contributed by atoms with Crippen LogP contribution in [0.25, 0.3) is 0 Å². The zero-order valence-corrected chi connectivity index (χ0v) is 10.9. The number of nitrogens with zero attached hydrogens (tertiary/aromatic N) is 2. The summed E-state index contributed by atoms with van der Waals surface area (Å²) in [5.41, 5.74) is -0.136. The third kappa shape index (κ3) is 3.13. The zero-order valence-electron chi connectivity index (χ0n) is 10.9. The number of hydrogen-bond acceptors (Lipinski definition) is 4. The molecule has 5 nitrogen and oxygen atoms in total. The number of hydrogen-bond donors (Lipinski definition) is 2. The number of para-hydroxylation sites is 1. The van der Waals surface area contributed by atoms with Gasteiger partial charge in [-0.3, -0.25) is 4.79 Å². The van der Waals surface area contributed by atoms with Crippen molar-refractivity contribution in [2.24, 2.45) is 0 Å². The van der Waals surface area contributed by atoms with Gasteiger partial charge in [0.05, 0.1) is 12.4 Å². The smallest absolute Gasteiger partial charge is 0.271 e. The van der Waals surface area contributed by atoms with Crippen LogP contribution in [0.15, 0.2) is 30.6 Å². The largest absolute Gasteiger partial charge is 0.348 e. The molecule has 0 unspecified atom stereocenters. The molecule has 1 aliphatic carbocycles. The number of amides is 1. The average Bonchev–Trinajstić information content (AvgIpc) is 3.28. The maximum absolute atomic E-state index is 13.5. The highest BCUT2D eigenvalue weighted by Crippen LogP contribution is 2.22. The van der Waals surface area contributed by atoms with Crippen LogP contribution in [-0.2, 0) is 0 Å². The lowest BCUT2D eigenvalue weighted by molar-refractivity contribution is 0.0945. The van der Waals surface area contributed by atoms with Gasteiger partial charge < -0.3 is 10.6 Å². The summed E-state index contributed by atoms with van der Waals surface area (Å²) in [6, 6.07) is 3.77. The van der Waals surface area contributed by atoms with E-state index < -0.39 is 11.6 Å². The summed E-state index contributed by atoms with van der Waals surface area (Å²) in [4.78, 5) is 19.6. The van der Waals surface area contributed by atoms with Crippen molar-refractivity contribution in [2.45, 2.75) is 18.9 Å². The van der Waals surface area contributed by atoms with Crippen LogP contribution in [0.5, 0.6) is 0 Å². The number of nitrogens with one attached hydrogen (secondary N) is 2. The minimum absolute atomic E-state index is 0.155. The van der Waals surface area contributed by atoms with Crippen molar-refractivity contribution in [3.05, 3.63) is 47.9 Å². The SMILES string of the molecule is O=C(NC1CC1)c1cnc(Nc2c(F)cccc2F)cn1. The highest BCUT2D eigenvalue weighted by molar-refractivity contribution is 5.92. The number of carbonyl (C=O) groups excluding carboxylic acids is 1. The lowest BCUT2D eigenvalue weighted by Crippen LogP contribution is -2.26. The number of carbonyl (C=O) groups is 1. The van der Waals surface area contributed by atoms with Crippen LogP contribution in [0.4, 0.5) is 20.3 Å². The molecule has 1 aromatic heterocycles. The van der Waals surface area contributed by atoms with E-state index in [1.165, 1.54) is 18.5 Å². The van der Waals surface area contributed by atoms with Crippen LogP contribution < -0.4 is 10.6 Å². The zero-order chi connectivity index (χ0) is 14.8. The molecule has 1 amide bonds. The predicted molar refractivity (Wildman–Crippen MR) is 72.2 cm³/mol. The van der Waals surface area contributed by atoms with Gasteiger partial charge >= 0.3 is 0 Å². The summed E-state index contributed by atoms with van der Waals surface area (Å²) in [7, 11) is 0. The van der Waals surface area contributed by atoms with E-state index in [0.717, 1.165) is 25.0 Å². The first kappa shape index (κ1) is 13.4. The summed E-state index contributed by atoms with van der Waals surface area (Å²) in [6.07, 6.45) is 4.48. The lowest BCUT2D eigenvalue weighted by Gasteiger charge is -2.08. The van der Waals surface area contributed by atoms with E-state index in [0.29, 0.717) is 0 Å². The second-order valence-corrected chi connectivity index (χ2v) is 4.76. The van der Waals surface area contributed by atoms with E-state index in [1.807, 2.05) is 0 Å². The van der Waals surface area contributed by atoms with E-state index in [-0.39, 0.29) is 29.1 Å². The van der Waals surface area contributed by atoms with Gasteiger partial charge in [-0.25, -0.2) is 18.7 Å². The van der Waals surface area contributed by atoms with E-state index in [4.69, 9.17) is 0 Å². The molecule has 0 saturated heterocycles. The summed E-state index contributed by atoms with van der Waals surface area (Å²) in [5, 5.41) is 5.28. The molecular weight excluding hydrogens is 278 g/mol. The van der Waals surface area contributed by atoms with Crippen molar-refractivity contribution < 1.29 is 13.6 Å². The normalized spacial score (nSPS) is 13.8. The van der Waals surface area contributed by atoms with Gasteiger partial charge in [-0.15, -0.1) is 0 Å². The molecule has 0 aliphatic heterocycles. The molecule has 1 heterocycles. The Hall–Kier alpha value is -2.57. The van der Waals surface area contributed by atoms with Crippen LogP contribution in [0.2, 0.25) is 0 Å². The fourth-order valence-electron chi connectivity index (χ4n) is 1.74. The first-order valence-electron chi connectivity index (χ1n) is 6.47. The fraction of sp³-hybridized carbons (Fsp3) is 0.214. The van der Waals surface area contributed by atoms with Crippen LogP contribution in [-0.4, -0.2) is 21.9 Å². The molecule has 0 radical (unpaired) electrons. The Kier molecular flexibility index (Phi) is 3.47. The molecule has 7 heteroatoms. The van der Waals surface area contributed by atoms with Gasteiger partial charge in [-0.2, -0.15) is 0 Å². The number of aromatic nitrogens is 2. The third-order valence-corrected chi connectivity index (χ3v) is 3.01. The Labute approximate surface area is 119 Å². The Morgan fingerprint density at radius 1 is 1.14 bits per heavy atom. The second kappa shape index (κ2) is 5.43. The molecule has 0 bridgehead atoms. The minimum atomic E-state index is -0.729. The Bertz CT molecular complexity index is 651. The number of rotatable bonds is 4. The summed E-state index contributed by atoms with van der Waals surface area (Å²) in [5.74, 6) is -1.60. The molecule has 21 heavy (non-hydrogen) atoms. The highest BCUT2D eigenvalue weighted by atomic mass is 19.1. The predicted octanol–water partition coefficient (Wildman–Crippen LogP) is 2.39. The Morgan fingerprint density at radius 3 is 2.43 bits per heavy atom. The molecular formula is C14H12F2N4O. The van der Waals surface area contributed by atoms with Gasteiger partial charge in [0.15, 0.2) is 0 Å². The first-order chi connectivity index (χ1) is 10.1. The van der Waals surface area contributed by atoms with Crippen molar-refractivity contribution in [3.63, 3.8) is 0 Å². The van der Waals surface area contributed by atoms with Gasteiger partial charge in [0.2, 0.25) is 0 Å². The maximum atomic E-state index is 13.5. The lowest BCUT2D eigenvalue weighted by atomic mass is 10.3. The standard InChI is InChI=1S/C14H12F2N4O/c15-9-2-1-3-10(16)13(9)20-12-7-17-11(6-18-12)14(21)19-8-4-5-8/h1-3,6-8H,4-5H2,(H,18,20)(H,19,21). The minimum Gasteiger partial charge on any atom is -0.348 e. The Balaban J connectivity index is 1.73. The van der Waals surface area contributed by atoms with Gasteiger partial charge in [0.1, 0.15) is 28.8 Å². The summed E-state index contributed by atoms with van der Waals surface area (Å²) < 4.78 is 27.0. The maximum Gasteiger partial charge on any atom is 0.271 e. The highest BCUT2D eigenvalue weighted by Gasteiger charge is 2.24. The summed E-state index contributed by atoms with van der Waals surface area (Å²) >= 11 is 0. The van der Waals surface area contributed by atoms with Gasteiger partial charge in [0.25, 0.3) is 5.91 Å². The van der Waals surface area contributed by atoms with Crippen molar-refractivity contribution in [1.29, 1.82) is 0 Å². The molecule has 0 atom stereocenters. The monoisotopic (exact) mass is 290 g/mol. The van der Waals surface area contributed by atoms with Crippen LogP contribution >= 0.6 is 0 Å². The van der Waals surface area contributed by atoms with E-state index in [1.54, 1.807) is 0 Å². The molecule has 3 rings (SSSR count). The van der Waals surface area contributed by atoms with Crippen LogP contribution in [0, 0.1) is 11.6 Å². The average molecular weight is 290 g/mol. The number of halogens is 2. The van der Waals surface area contributed by atoms with Crippen LogP contribution in [0.1, 0.15) is 23.3 Å². The Morgan fingerprint density at radius 2 is 1.86 bits per heavy atom. The quantitative estimate of drug-likeness (QED) is 0.907. The second-order valence-electron chi connectivity index (χ2n) is 4.76. The molecule has 2 N–H and O–H groups in total. The van der Waals surface area contributed by atoms with Crippen molar-refractivity contribution in [3.8, 4) is 0 Å². The molecule has 1 aromatic carbocycles. The van der Waals surface area contributed by atoms with Gasteiger partial charge in [-0.1, -0.05) is 6.07 Å². The summed E-state index contributed by atoms with van der Waals surface area (Å²) in [6.45, 7) is 0. The van der Waals surface area contributed by atoms with Crippen molar-refractivity contribution in [2.75, 3.05) is 5.32 Å². The van der Waals surface area contributed by atoms with Crippen molar-refractivity contribution >= 4 is 17.4 Å². The molecule has 2 aromatic rings. The molecule has 1 saturated carbocycles. The topological polar surface area (TPSA) is 66.9 Å². The molecule has 0 spiro atoms. The fourth-order valence-corrected chi connectivity index (χ4v) is 1.74. The van der Waals surface area contributed by atoms with E-state index >= 15 is 0 Å². The van der Waals surface area contributed by atoms with E-state index in [2.05, 4.69) is 20.6 Å². The van der Waals surface area contributed by atoms with E-state index in [9.17, 15) is 13.6 Å². The van der Waals surface area contributed by atoms with Gasteiger partial charge in [0, 0.05) is 6.04 Å². The van der Waals surface area contributed by atoms with Crippen LogP contribution in [0.3, 0.4) is 0 Å². The third-order valence-electron chi connectivity index (χ3n) is 3.01. The molecule has 1 aliphatic rings. The molecule has 1 fully saturated rings. The van der Waals surface area contributed by atoms with Crippen molar-refractivity contribution in [1.82, 2.24) is 15.3 Å². The van der Waals surface area contributed by atoms with Gasteiger partial charge in [-0.05, 0) is 25.0 Å².